The van der Waals surface area contributed by atoms with E-state index in [4.69, 9.17) is 10.4 Å². The van der Waals surface area contributed by atoms with Crippen LogP contribution in [0.25, 0.3) is 0 Å². The van der Waals surface area contributed by atoms with Gasteiger partial charge in [-0.05, 0) is 6.92 Å². The standard InChI is InChI=1S/C10H11F2N5O/c1-5-2-6(18-17-5)4-14-9-7(11)3-8(12)10(15-9)16-13/h2-3H,4,13H2,1H3,(H2,14,15,16). The molecule has 0 aromatic carbocycles. The normalized spacial score (nSPS) is 10.4. The van der Waals surface area contributed by atoms with Crippen molar-refractivity contribution in [2.75, 3.05) is 10.7 Å². The highest BCUT2D eigenvalue weighted by molar-refractivity contribution is 5.46. The molecule has 6 nitrogen and oxygen atoms in total. The minimum absolute atomic E-state index is 0.126. The fraction of sp³-hybridized carbons (Fsp3) is 0.200. The molecule has 18 heavy (non-hydrogen) atoms. The minimum atomic E-state index is -0.865. The van der Waals surface area contributed by atoms with Crippen molar-refractivity contribution in [2.24, 2.45) is 5.84 Å². The van der Waals surface area contributed by atoms with Gasteiger partial charge in [0.1, 0.15) is 0 Å². The minimum Gasteiger partial charge on any atom is -0.360 e. The number of hydrogen-bond donors (Lipinski definition) is 3. The molecule has 0 aliphatic heterocycles. The van der Waals surface area contributed by atoms with Crippen molar-refractivity contribution in [1.29, 1.82) is 0 Å². The average Bonchev–Trinajstić information content (AvgIpc) is 2.74. The zero-order chi connectivity index (χ0) is 13.1. The lowest BCUT2D eigenvalue weighted by atomic mass is 10.3. The van der Waals surface area contributed by atoms with Crippen LogP contribution in [-0.2, 0) is 6.54 Å². The summed E-state index contributed by atoms with van der Waals surface area (Å²) in [5, 5.41) is 6.34. The van der Waals surface area contributed by atoms with Crippen LogP contribution in [0.5, 0.6) is 0 Å². The zero-order valence-corrected chi connectivity index (χ0v) is 9.50. The van der Waals surface area contributed by atoms with Crippen LogP contribution in [-0.4, -0.2) is 10.1 Å². The van der Waals surface area contributed by atoms with Gasteiger partial charge in [-0.2, -0.15) is 0 Å². The SMILES string of the molecule is Cc1cc(CNc2nc(NN)c(F)cc2F)on1. The van der Waals surface area contributed by atoms with Crippen LogP contribution in [0.15, 0.2) is 16.7 Å². The van der Waals surface area contributed by atoms with E-state index in [0.717, 1.165) is 0 Å². The predicted molar refractivity (Wildman–Crippen MR) is 60.5 cm³/mol. The quantitative estimate of drug-likeness (QED) is 0.567. The van der Waals surface area contributed by atoms with Crippen molar-refractivity contribution in [2.45, 2.75) is 13.5 Å². The van der Waals surface area contributed by atoms with Gasteiger partial charge in [-0.15, -0.1) is 0 Å². The molecule has 2 aromatic rings. The van der Waals surface area contributed by atoms with Gasteiger partial charge >= 0.3 is 0 Å². The molecule has 0 fully saturated rings. The van der Waals surface area contributed by atoms with Crippen LogP contribution in [0, 0.1) is 18.6 Å². The molecule has 0 aliphatic carbocycles. The molecule has 0 bridgehead atoms. The van der Waals surface area contributed by atoms with E-state index in [0.29, 0.717) is 17.5 Å². The molecule has 0 aliphatic rings. The van der Waals surface area contributed by atoms with Gasteiger partial charge in [0.2, 0.25) is 0 Å². The Bertz CT molecular complexity index is 557. The Hall–Kier alpha value is -2.22. The number of hydrogen-bond acceptors (Lipinski definition) is 6. The molecular weight excluding hydrogens is 244 g/mol. The van der Waals surface area contributed by atoms with Crippen LogP contribution in [0.3, 0.4) is 0 Å². The highest BCUT2D eigenvalue weighted by atomic mass is 19.1. The van der Waals surface area contributed by atoms with Crippen molar-refractivity contribution in [1.82, 2.24) is 10.1 Å². The van der Waals surface area contributed by atoms with E-state index in [1.807, 2.05) is 5.43 Å². The molecule has 2 heterocycles. The number of halogens is 2. The summed E-state index contributed by atoms with van der Waals surface area (Å²) in [6.07, 6.45) is 0. The molecule has 96 valence electrons. The Balaban J connectivity index is 2.13. The van der Waals surface area contributed by atoms with E-state index in [1.54, 1.807) is 13.0 Å². The number of rotatable bonds is 4. The molecule has 8 heteroatoms. The largest absolute Gasteiger partial charge is 0.360 e. The summed E-state index contributed by atoms with van der Waals surface area (Å²) in [5.41, 5.74) is 2.75. The van der Waals surface area contributed by atoms with Gasteiger partial charge in [0.15, 0.2) is 29.0 Å². The number of nitrogens with zero attached hydrogens (tertiary/aromatic N) is 2. The fourth-order valence-electron chi connectivity index (χ4n) is 1.36. The molecule has 0 unspecified atom stereocenters. The van der Waals surface area contributed by atoms with Crippen molar-refractivity contribution in [3.8, 4) is 0 Å². The summed E-state index contributed by atoms with van der Waals surface area (Å²) in [5.74, 6) is 3.51. The second-order valence-electron chi connectivity index (χ2n) is 3.58. The molecule has 0 atom stereocenters. The Labute approximate surface area is 101 Å². The first-order valence-electron chi connectivity index (χ1n) is 5.09. The van der Waals surface area contributed by atoms with Crippen LogP contribution in [0.2, 0.25) is 0 Å². The summed E-state index contributed by atoms with van der Waals surface area (Å²) in [6, 6.07) is 2.38. The van der Waals surface area contributed by atoms with E-state index < -0.39 is 11.6 Å². The van der Waals surface area contributed by atoms with Crippen LogP contribution >= 0.6 is 0 Å². The lowest BCUT2D eigenvalue weighted by Gasteiger charge is -2.07. The van der Waals surface area contributed by atoms with Crippen molar-refractivity contribution in [3.63, 3.8) is 0 Å². The first-order chi connectivity index (χ1) is 8.60. The van der Waals surface area contributed by atoms with Crippen molar-refractivity contribution < 1.29 is 13.3 Å². The Morgan fingerprint density at radius 1 is 1.28 bits per heavy atom. The van der Waals surface area contributed by atoms with Crippen LogP contribution in [0.4, 0.5) is 20.4 Å². The van der Waals surface area contributed by atoms with Gasteiger partial charge in [0.05, 0.1) is 12.2 Å². The maximum atomic E-state index is 13.4. The second kappa shape index (κ2) is 4.96. The zero-order valence-electron chi connectivity index (χ0n) is 9.50. The Kier molecular flexibility index (Phi) is 3.38. The Morgan fingerprint density at radius 3 is 2.61 bits per heavy atom. The van der Waals surface area contributed by atoms with E-state index in [-0.39, 0.29) is 18.2 Å². The summed E-state index contributed by atoms with van der Waals surface area (Å²) >= 11 is 0. The smallest absolute Gasteiger partial charge is 0.178 e. The third kappa shape index (κ3) is 2.54. The second-order valence-corrected chi connectivity index (χ2v) is 3.58. The number of hydrazine groups is 1. The lowest BCUT2D eigenvalue weighted by molar-refractivity contribution is 0.384. The van der Waals surface area contributed by atoms with E-state index in [1.165, 1.54) is 0 Å². The number of anilines is 2. The molecular formula is C10H11F2N5O. The van der Waals surface area contributed by atoms with E-state index >= 15 is 0 Å². The molecule has 0 saturated carbocycles. The van der Waals surface area contributed by atoms with Gasteiger partial charge in [-0.25, -0.2) is 19.6 Å². The molecule has 0 spiro atoms. The number of aryl methyl sites for hydroxylation is 1. The number of nitrogens with one attached hydrogen (secondary N) is 2. The first kappa shape index (κ1) is 12.2. The maximum Gasteiger partial charge on any atom is 0.178 e. The molecule has 2 aromatic heterocycles. The highest BCUT2D eigenvalue weighted by Gasteiger charge is 2.11. The van der Waals surface area contributed by atoms with Crippen molar-refractivity contribution in [3.05, 3.63) is 35.2 Å². The number of nitrogen functional groups attached to an aromatic ring is 1. The van der Waals surface area contributed by atoms with Gasteiger partial charge in [-0.3, -0.25) is 0 Å². The van der Waals surface area contributed by atoms with Gasteiger partial charge in [-0.1, -0.05) is 5.16 Å². The van der Waals surface area contributed by atoms with Crippen LogP contribution < -0.4 is 16.6 Å². The molecule has 2 rings (SSSR count). The highest BCUT2D eigenvalue weighted by Crippen LogP contribution is 2.18. The number of nitrogens with two attached hydrogens (primary N) is 1. The monoisotopic (exact) mass is 255 g/mol. The first-order valence-corrected chi connectivity index (χ1v) is 5.09. The third-order valence-electron chi connectivity index (χ3n) is 2.17. The topological polar surface area (TPSA) is 89.0 Å². The van der Waals surface area contributed by atoms with Crippen molar-refractivity contribution >= 4 is 11.6 Å². The molecule has 0 radical (unpaired) electrons. The van der Waals surface area contributed by atoms with Crippen LogP contribution in [0.1, 0.15) is 11.5 Å². The van der Waals surface area contributed by atoms with Gasteiger partial charge in [0.25, 0.3) is 0 Å². The Morgan fingerprint density at radius 2 is 2.00 bits per heavy atom. The van der Waals surface area contributed by atoms with E-state index in [9.17, 15) is 8.78 Å². The van der Waals surface area contributed by atoms with E-state index in [2.05, 4.69) is 15.5 Å². The summed E-state index contributed by atoms with van der Waals surface area (Å²) in [4.78, 5) is 3.65. The fourth-order valence-corrected chi connectivity index (χ4v) is 1.36. The lowest BCUT2D eigenvalue weighted by Crippen LogP contribution is -2.13. The number of pyridine rings is 1. The third-order valence-corrected chi connectivity index (χ3v) is 2.17. The number of aromatic nitrogens is 2. The summed E-state index contributed by atoms with van der Waals surface area (Å²) < 4.78 is 31.4. The molecule has 0 saturated heterocycles. The maximum absolute atomic E-state index is 13.4. The summed E-state index contributed by atoms with van der Waals surface area (Å²) in [6.45, 7) is 1.95. The molecule has 0 amide bonds. The summed E-state index contributed by atoms with van der Waals surface area (Å²) in [7, 11) is 0. The average molecular weight is 255 g/mol. The van der Waals surface area contributed by atoms with Gasteiger partial charge in [0, 0.05) is 12.1 Å². The van der Waals surface area contributed by atoms with Gasteiger partial charge < -0.3 is 15.3 Å². The predicted octanol–water partition coefficient (Wildman–Crippen LogP) is 1.55. The molecule has 4 N–H and O–H groups in total.